The van der Waals surface area contributed by atoms with Gasteiger partial charge in [-0.05, 0) is 60.2 Å². The van der Waals surface area contributed by atoms with Crippen molar-refractivity contribution in [3.63, 3.8) is 0 Å². The summed E-state index contributed by atoms with van der Waals surface area (Å²) in [5.74, 6) is 0.392. The van der Waals surface area contributed by atoms with Gasteiger partial charge >= 0.3 is 5.97 Å². The highest BCUT2D eigenvalue weighted by Gasteiger charge is 2.18. The number of hydrogen-bond acceptors (Lipinski definition) is 7. The van der Waals surface area contributed by atoms with E-state index in [0.29, 0.717) is 26.4 Å². The molecular weight excluding hydrogens is 476 g/mol. The van der Waals surface area contributed by atoms with Gasteiger partial charge < -0.3 is 14.2 Å². The SMILES string of the molecule is COc1ccc(C(=O)Oc2c(Cl)cc(/C=c3\sc4nc5ccccc5n4c3=O)cc2OC)cc1. The number of aromatic nitrogens is 2. The number of para-hydroxylation sites is 2. The van der Waals surface area contributed by atoms with Crippen LogP contribution in [0.5, 0.6) is 17.2 Å². The smallest absolute Gasteiger partial charge is 0.343 e. The number of hydrogen-bond donors (Lipinski definition) is 0. The van der Waals surface area contributed by atoms with Crippen LogP contribution >= 0.6 is 22.9 Å². The number of nitrogens with zero attached hydrogens (tertiary/aromatic N) is 2. The third-order valence-electron chi connectivity index (χ3n) is 5.22. The number of carbonyl (C=O) groups excluding carboxylic acids is 1. The number of carbonyl (C=O) groups is 1. The molecule has 0 aliphatic rings. The predicted octanol–water partition coefficient (Wildman–Crippen LogP) is 4.35. The predicted molar refractivity (Wildman–Crippen MR) is 132 cm³/mol. The fourth-order valence-corrected chi connectivity index (χ4v) is 4.81. The molecule has 170 valence electrons. The number of ether oxygens (including phenoxy) is 3. The van der Waals surface area contributed by atoms with E-state index in [-0.39, 0.29) is 22.1 Å². The zero-order chi connectivity index (χ0) is 23.8. The van der Waals surface area contributed by atoms with Gasteiger partial charge in [0.25, 0.3) is 5.56 Å². The van der Waals surface area contributed by atoms with E-state index in [2.05, 4.69) is 4.98 Å². The van der Waals surface area contributed by atoms with Crippen molar-refractivity contribution in [2.45, 2.75) is 0 Å². The Morgan fingerprint density at radius 1 is 1.06 bits per heavy atom. The van der Waals surface area contributed by atoms with E-state index in [1.165, 1.54) is 18.4 Å². The highest BCUT2D eigenvalue weighted by Crippen LogP contribution is 2.37. The summed E-state index contributed by atoms with van der Waals surface area (Å²) in [6.45, 7) is 0. The standard InChI is InChI=1S/C25H17ClN2O5S/c1-31-16-9-7-15(8-10-16)24(30)33-22-17(26)11-14(12-20(22)32-2)13-21-23(29)28-19-6-4-3-5-18(19)27-25(28)34-21/h3-13H,1-2H3/b21-13-. The quantitative estimate of drug-likeness (QED) is 0.268. The lowest BCUT2D eigenvalue weighted by Gasteiger charge is -2.12. The van der Waals surface area contributed by atoms with E-state index in [9.17, 15) is 9.59 Å². The molecule has 0 atom stereocenters. The van der Waals surface area contributed by atoms with Gasteiger partial charge in [0, 0.05) is 0 Å². The van der Waals surface area contributed by atoms with Crippen molar-refractivity contribution in [1.82, 2.24) is 9.38 Å². The Labute approximate surface area is 202 Å². The Bertz CT molecular complexity index is 1660. The van der Waals surface area contributed by atoms with Crippen LogP contribution < -0.4 is 24.3 Å². The average Bonchev–Trinajstić information content (AvgIpc) is 3.36. The first-order valence-corrected chi connectivity index (χ1v) is 11.3. The lowest BCUT2D eigenvalue weighted by molar-refractivity contribution is 0.0730. The van der Waals surface area contributed by atoms with Gasteiger partial charge in [0.1, 0.15) is 5.75 Å². The monoisotopic (exact) mass is 492 g/mol. The van der Waals surface area contributed by atoms with Crippen molar-refractivity contribution in [3.05, 3.63) is 91.7 Å². The molecule has 0 aliphatic carbocycles. The van der Waals surface area contributed by atoms with Gasteiger partial charge in [-0.3, -0.25) is 4.79 Å². The number of rotatable bonds is 5. The van der Waals surface area contributed by atoms with Gasteiger partial charge in [0.15, 0.2) is 16.5 Å². The van der Waals surface area contributed by atoms with E-state index < -0.39 is 5.97 Å². The first-order valence-electron chi connectivity index (χ1n) is 10.1. The Hall–Kier alpha value is -3.88. The molecule has 2 aromatic heterocycles. The minimum absolute atomic E-state index is 0.0939. The van der Waals surface area contributed by atoms with Crippen LogP contribution in [-0.2, 0) is 0 Å². The average molecular weight is 493 g/mol. The van der Waals surface area contributed by atoms with Gasteiger partial charge in [-0.25, -0.2) is 14.2 Å². The molecular formula is C25H17ClN2O5S. The van der Waals surface area contributed by atoms with E-state index in [1.54, 1.807) is 54.0 Å². The molecule has 0 aliphatic heterocycles. The number of halogens is 1. The van der Waals surface area contributed by atoms with Crippen LogP contribution in [0.4, 0.5) is 0 Å². The van der Waals surface area contributed by atoms with Crippen molar-refractivity contribution >= 4 is 51.0 Å². The molecule has 0 bridgehead atoms. The highest BCUT2D eigenvalue weighted by atomic mass is 35.5. The summed E-state index contributed by atoms with van der Waals surface area (Å²) in [5, 5.41) is 0.173. The van der Waals surface area contributed by atoms with E-state index in [0.717, 1.165) is 11.0 Å². The second kappa shape index (κ2) is 8.81. The van der Waals surface area contributed by atoms with E-state index >= 15 is 0 Å². The Morgan fingerprint density at radius 3 is 2.56 bits per heavy atom. The largest absolute Gasteiger partial charge is 0.497 e. The fourth-order valence-electron chi connectivity index (χ4n) is 3.56. The van der Waals surface area contributed by atoms with Gasteiger partial charge in [-0.1, -0.05) is 35.1 Å². The van der Waals surface area contributed by atoms with Crippen LogP contribution in [0.2, 0.25) is 5.02 Å². The second-order valence-electron chi connectivity index (χ2n) is 7.29. The summed E-state index contributed by atoms with van der Waals surface area (Å²) >= 11 is 7.73. The highest BCUT2D eigenvalue weighted by molar-refractivity contribution is 7.15. The van der Waals surface area contributed by atoms with Gasteiger partial charge in [0.2, 0.25) is 0 Å². The van der Waals surface area contributed by atoms with Gasteiger partial charge in [-0.15, -0.1) is 0 Å². The number of methoxy groups -OCH3 is 2. The molecule has 0 spiro atoms. The third-order valence-corrected chi connectivity index (χ3v) is 6.46. The minimum atomic E-state index is -0.590. The maximum atomic E-state index is 13.0. The van der Waals surface area contributed by atoms with Crippen LogP contribution in [0.25, 0.3) is 22.1 Å². The third kappa shape index (κ3) is 3.87. The molecule has 0 amide bonds. The van der Waals surface area contributed by atoms with Crippen LogP contribution in [-0.4, -0.2) is 29.6 Å². The molecule has 0 saturated heterocycles. The molecule has 0 fully saturated rings. The molecule has 0 saturated carbocycles. The Balaban J connectivity index is 1.51. The normalized spacial score (nSPS) is 11.8. The maximum Gasteiger partial charge on any atom is 0.343 e. The second-order valence-corrected chi connectivity index (χ2v) is 8.70. The number of benzene rings is 3. The molecule has 2 heterocycles. The zero-order valence-corrected chi connectivity index (χ0v) is 19.6. The van der Waals surface area contributed by atoms with Crippen molar-refractivity contribution in [2.24, 2.45) is 0 Å². The van der Waals surface area contributed by atoms with Crippen molar-refractivity contribution in [3.8, 4) is 17.2 Å². The summed E-state index contributed by atoms with van der Waals surface area (Å²) in [5.41, 5.74) is 2.32. The maximum absolute atomic E-state index is 13.0. The number of esters is 1. The molecule has 5 rings (SSSR count). The minimum Gasteiger partial charge on any atom is -0.497 e. The van der Waals surface area contributed by atoms with Gasteiger partial charge in [0.05, 0.1) is 40.4 Å². The van der Waals surface area contributed by atoms with Crippen LogP contribution in [0.3, 0.4) is 0 Å². The molecule has 3 aromatic carbocycles. The molecule has 0 radical (unpaired) electrons. The molecule has 9 heteroatoms. The molecule has 0 unspecified atom stereocenters. The lowest BCUT2D eigenvalue weighted by atomic mass is 10.2. The first kappa shape index (κ1) is 21.9. The molecule has 0 N–H and O–H groups in total. The number of thiazole rings is 1. The van der Waals surface area contributed by atoms with Gasteiger partial charge in [-0.2, -0.15) is 0 Å². The Kier molecular flexibility index (Phi) is 5.69. The fraction of sp³-hybridized carbons (Fsp3) is 0.0800. The molecule has 7 nitrogen and oxygen atoms in total. The van der Waals surface area contributed by atoms with Crippen molar-refractivity contribution in [2.75, 3.05) is 14.2 Å². The lowest BCUT2D eigenvalue weighted by Crippen LogP contribution is -2.22. The molecule has 5 aromatic rings. The van der Waals surface area contributed by atoms with Crippen LogP contribution in [0.1, 0.15) is 15.9 Å². The van der Waals surface area contributed by atoms with Crippen LogP contribution in [0.15, 0.2) is 65.5 Å². The van der Waals surface area contributed by atoms with E-state index in [1.807, 2.05) is 24.3 Å². The number of imidazole rings is 1. The summed E-state index contributed by atoms with van der Waals surface area (Å²) in [7, 11) is 2.99. The topological polar surface area (TPSA) is 79.1 Å². The summed E-state index contributed by atoms with van der Waals surface area (Å²) in [6.07, 6.45) is 1.71. The first-order chi connectivity index (χ1) is 16.5. The number of fused-ring (bicyclic) bond motifs is 3. The van der Waals surface area contributed by atoms with Crippen molar-refractivity contribution in [1.29, 1.82) is 0 Å². The molecule has 34 heavy (non-hydrogen) atoms. The summed E-state index contributed by atoms with van der Waals surface area (Å²) in [6, 6.07) is 17.3. The summed E-state index contributed by atoms with van der Waals surface area (Å²) in [4.78, 5) is 30.8. The van der Waals surface area contributed by atoms with Crippen molar-refractivity contribution < 1.29 is 19.0 Å². The van der Waals surface area contributed by atoms with E-state index in [4.69, 9.17) is 25.8 Å². The van der Waals surface area contributed by atoms with Crippen LogP contribution in [0, 0.1) is 0 Å². The summed E-state index contributed by atoms with van der Waals surface area (Å²) < 4.78 is 18.1. The Morgan fingerprint density at radius 2 is 1.82 bits per heavy atom. The zero-order valence-electron chi connectivity index (χ0n) is 18.1.